The summed E-state index contributed by atoms with van der Waals surface area (Å²) >= 11 is 32.1. The molecule has 5 rings (SSSR count). The van der Waals surface area contributed by atoms with Gasteiger partial charge in [-0.3, -0.25) is 0 Å². The van der Waals surface area contributed by atoms with Gasteiger partial charge in [0.05, 0.1) is 17.9 Å². The lowest BCUT2D eigenvalue weighted by Crippen LogP contribution is -1.68. The minimum Gasteiger partial charge on any atom is -0.508 e. The zero-order chi connectivity index (χ0) is 34.3. The zero-order valence-corrected chi connectivity index (χ0v) is 38.0. The molecule has 0 aliphatic rings. The Morgan fingerprint density at radius 3 is 1.27 bits per heavy atom. The average Bonchev–Trinajstić information content (AvgIpc) is 2.95. The van der Waals surface area contributed by atoms with Crippen molar-refractivity contribution >= 4 is 159 Å². The van der Waals surface area contributed by atoms with E-state index in [0.29, 0.717) is 17.9 Å². The molecule has 0 aliphatic carbocycles. The fourth-order valence-electron chi connectivity index (χ4n) is 2.49. The molecule has 0 radical (unpaired) electrons. The van der Waals surface area contributed by atoms with Crippen LogP contribution in [0.2, 0.25) is 0 Å². The Balaban J connectivity index is 0.000000281. The molecule has 0 heterocycles. The Morgan fingerprint density at radius 2 is 0.867 bits per heavy atom. The summed E-state index contributed by atoms with van der Waals surface area (Å²) in [4.78, 5) is 0. The fraction of sp³-hybridized carbons (Fsp3) is 0. The Morgan fingerprint density at radius 1 is 0.333 bits per heavy atom. The van der Waals surface area contributed by atoms with Crippen LogP contribution in [0.25, 0.3) is 0 Å². The van der Waals surface area contributed by atoms with Crippen LogP contribution in [0.3, 0.4) is 0 Å². The summed E-state index contributed by atoms with van der Waals surface area (Å²) in [6.07, 6.45) is 0. The molecule has 5 aromatic rings. The topological polar surface area (TPSA) is 101 Å². The van der Waals surface area contributed by atoms with Gasteiger partial charge in [0.15, 0.2) is 0 Å². The average molecular weight is 1260 g/mol. The summed E-state index contributed by atoms with van der Waals surface area (Å²) in [5.41, 5.74) is 0. The SMILES string of the molecule is Oc1c(Br)cccc1Br.Oc1cc(Br)cc(Br)c1.Oc1ccc(Br)c(Br)c1.Oc1ccc(Br)cc1Br.Oc1cccc(Br)c1Br. The van der Waals surface area contributed by atoms with Crippen molar-refractivity contribution in [2.24, 2.45) is 0 Å². The van der Waals surface area contributed by atoms with Gasteiger partial charge < -0.3 is 25.5 Å². The number of para-hydroxylation sites is 1. The van der Waals surface area contributed by atoms with Crippen molar-refractivity contribution in [3.8, 4) is 28.7 Å². The molecule has 0 aliphatic heterocycles. The van der Waals surface area contributed by atoms with Crippen molar-refractivity contribution in [1.29, 1.82) is 0 Å². The maximum Gasteiger partial charge on any atom is 0.143 e. The van der Waals surface area contributed by atoms with Crippen LogP contribution in [0.15, 0.2) is 136 Å². The molecule has 240 valence electrons. The third-order valence-electron chi connectivity index (χ3n) is 4.53. The van der Waals surface area contributed by atoms with Crippen molar-refractivity contribution in [1.82, 2.24) is 0 Å². The lowest BCUT2D eigenvalue weighted by Gasteiger charge is -1.96. The number of phenolic OH excluding ortho intramolecular Hbond substituents is 5. The molecule has 0 bridgehead atoms. The second kappa shape index (κ2) is 22.5. The summed E-state index contributed by atoms with van der Waals surface area (Å²) in [6, 6.07) is 26.0. The molecule has 5 aromatic carbocycles. The summed E-state index contributed by atoms with van der Waals surface area (Å²) in [6.45, 7) is 0. The number of benzene rings is 5. The van der Waals surface area contributed by atoms with Crippen LogP contribution in [0.5, 0.6) is 28.7 Å². The minimum atomic E-state index is 0.248. The summed E-state index contributed by atoms with van der Waals surface area (Å²) in [5.74, 6) is 1.29. The molecule has 0 fully saturated rings. The maximum absolute atomic E-state index is 9.11. The third kappa shape index (κ3) is 17.7. The highest BCUT2D eigenvalue weighted by Gasteiger charge is 2.00. The highest BCUT2D eigenvalue weighted by molar-refractivity contribution is 9.13. The van der Waals surface area contributed by atoms with E-state index < -0.39 is 0 Å². The first-order chi connectivity index (χ1) is 21.0. The van der Waals surface area contributed by atoms with E-state index in [4.69, 9.17) is 25.5 Å². The number of phenols is 5. The molecule has 0 saturated carbocycles. The van der Waals surface area contributed by atoms with Gasteiger partial charge in [-0.25, -0.2) is 0 Å². The van der Waals surface area contributed by atoms with E-state index in [1.165, 1.54) is 0 Å². The Kier molecular flexibility index (Phi) is 21.5. The molecule has 0 atom stereocenters. The molecule has 0 spiro atoms. The number of hydrogen-bond acceptors (Lipinski definition) is 5. The van der Waals surface area contributed by atoms with Crippen molar-refractivity contribution < 1.29 is 25.5 Å². The fourth-order valence-corrected chi connectivity index (χ4v) is 7.04. The van der Waals surface area contributed by atoms with Crippen molar-refractivity contribution in [2.75, 3.05) is 0 Å². The van der Waals surface area contributed by atoms with Gasteiger partial charge >= 0.3 is 0 Å². The quantitative estimate of drug-likeness (QED) is 0.106. The second-order valence-corrected chi connectivity index (χ2v) is 16.6. The first-order valence-corrected chi connectivity index (χ1v) is 19.6. The largest absolute Gasteiger partial charge is 0.508 e. The van der Waals surface area contributed by atoms with Gasteiger partial charge in [0.25, 0.3) is 0 Å². The van der Waals surface area contributed by atoms with Gasteiger partial charge in [0, 0.05) is 26.8 Å². The number of aromatic hydroxyl groups is 5. The van der Waals surface area contributed by atoms with Crippen LogP contribution in [0, 0.1) is 0 Å². The molecule has 0 aromatic heterocycles. The van der Waals surface area contributed by atoms with Gasteiger partial charge in [-0.1, -0.05) is 59.9 Å². The van der Waals surface area contributed by atoms with E-state index in [2.05, 4.69) is 159 Å². The van der Waals surface area contributed by atoms with E-state index in [9.17, 15) is 0 Å². The number of rotatable bonds is 0. The van der Waals surface area contributed by atoms with Gasteiger partial charge in [-0.15, -0.1) is 0 Å². The van der Waals surface area contributed by atoms with Gasteiger partial charge in [0.2, 0.25) is 0 Å². The third-order valence-corrected chi connectivity index (χ3v) is 11.8. The molecule has 0 saturated heterocycles. The molecule has 5 nitrogen and oxygen atoms in total. The van der Waals surface area contributed by atoms with E-state index >= 15 is 0 Å². The monoisotopic (exact) mass is 1250 g/mol. The Bertz CT molecular complexity index is 1500. The van der Waals surface area contributed by atoms with Crippen LogP contribution in [-0.4, -0.2) is 25.5 Å². The lowest BCUT2D eigenvalue weighted by atomic mass is 10.3. The molecule has 0 amide bonds. The normalized spacial score (nSPS) is 9.56. The predicted molar refractivity (Wildman–Crippen MR) is 218 cm³/mol. The van der Waals surface area contributed by atoms with Crippen LogP contribution >= 0.6 is 159 Å². The smallest absolute Gasteiger partial charge is 0.143 e. The van der Waals surface area contributed by atoms with Crippen molar-refractivity contribution in [2.45, 2.75) is 0 Å². The summed E-state index contributed by atoms with van der Waals surface area (Å²) < 4.78 is 8.18. The lowest BCUT2D eigenvalue weighted by molar-refractivity contribution is 0.468. The molecular weight excluding hydrogens is 1240 g/mol. The van der Waals surface area contributed by atoms with Gasteiger partial charge in [0.1, 0.15) is 28.7 Å². The van der Waals surface area contributed by atoms with E-state index in [1.807, 2.05) is 18.2 Å². The number of hydrogen-bond donors (Lipinski definition) is 5. The Labute approximate surface area is 344 Å². The van der Waals surface area contributed by atoms with Crippen LogP contribution < -0.4 is 0 Å². The minimum absolute atomic E-state index is 0.248. The highest BCUT2D eigenvalue weighted by Crippen LogP contribution is 2.32. The van der Waals surface area contributed by atoms with Gasteiger partial charge in [-0.05, 0) is 190 Å². The maximum atomic E-state index is 9.11. The van der Waals surface area contributed by atoms with Gasteiger partial charge in [-0.2, -0.15) is 0 Å². The summed E-state index contributed by atoms with van der Waals surface area (Å²) in [7, 11) is 0. The molecule has 0 unspecified atom stereocenters. The van der Waals surface area contributed by atoms with E-state index in [0.717, 1.165) is 26.8 Å². The van der Waals surface area contributed by atoms with Crippen LogP contribution in [-0.2, 0) is 0 Å². The Hall–Kier alpha value is -0.100. The molecule has 15 heteroatoms. The first-order valence-electron chi connectivity index (χ1n) is 11.7. The highest BCUT2D eigenvalue weighted by atomic mass is 79.9. The second-order valence-electron chi connectivity index (χ2n) is 7.97. The van der Waals surface area contributed by atoms with Crippen molar-refractivity contribution in [3.63, 3.8) is 0 Å². The molecule has 5 N–H and O–H groups in total. The van der Waals surface area contributed by atoms with Crippen molar-refractivity contribution in [3.05, 3.63) is 136 Å². The van der Waals surface area contributed by atoms with Crippen LogP contribution in [0.1, 0.15) is 0 Å². The standard InChI is InChI=1S/5C6H4Br2O/c7-4-1-5(8)3-6(9)2-4;7-4-1-2-6(9)5(8)3-4;7-5-2-1-4(9)3-6(5)8;7-4-2-1-3-5(9)6(4)8;7-4-2-1-3-5(8)6(4)9/h5*1-3,9H. The van der Waals surface area contributed by atoms with E-state index in [-0.39, 0.29) is 28.7 Å². The first kappa shape index (κ1) is 42.9. The van der Waals surface area contributed by atoms with E-state index in [1.54, 1.807) is 72.8 Å². The molecular formula is C30H20Br10O5. The summed E-state index contributed by atoms with van der Waals surface area (Å²) in [5, 5.41) is 44.9. The number of halogens is 10. The molecule has 45 heavy (non-hydrogen) atoms. The van der Waals surface area contributed by atoms with Crippen LogP contribution in [0.4, 0.5) is 0 Å². The predicted octanol–water partition coefficient (Wildman–Crippen LogP) is 14.6. The zero-order valence-electron chi connectivity index (χ0n) is 22.2.